The highest BCUT2D eigenvalue weighted by Gasteiger charge is 2.34. The zero-order valence-corrected chi connectivity index (χ0v) is 18.3. The van der Waals surface area contributed by atoms with Gasteiger partial charge in [-0.1, -0.05) is 34.1 Å². The molecular weight excluding hydrogens is 452 g/mol. The Morgan fingerprint density at radius 3 is 2.52 bits per heavy atom. The molecule has 1 amide bonds. The van der Waals surface area contributed by atoms with Gasteiger partial charge in [0.15, 0.2) is 0 Å². The summed E-state index contributed by atoms with van der Waals surface area (Å²) >= 11 is 3.45. The molecule has 0 saturated carbocycles. The van der Waals surface area contributed by atoms with Gasteiger partial charge in [0.2, 0.25) is 0 Å². The Morgan fingerprint density at radius 2 is 1.79 bits per heavy atom. The Balaban J connectivity index is 1.77. The van der Waals surface area contributed by atoms with E-state index in [2.05, 4.69) is 21.2 Å². The maximum absolute atomic E-state index is 13.0. The van der Waals surface area contributed by atoms with Crippen LogP contribution in [0.3, 0.4) is 0 Å². The number of aryl methyl sites for hydroxylation is 1. The summed E-state index contributed by atoms with van der Waals surface area (Å²) in [4.78, 5) is 13.1. The third kappa shape index (κ3) is 3.34. The monoisotopic (exact) mass is 470 g/mol. The van der Waals surface area contributed by atoms with Crippen molar-refractivity contribution in [1.29, 1.82) is 0 Å². The second-order valence-electron chi connectivity index (χ2n) is 6.82. The number of sulfonamides is 1. The molecule has 0 saturated heterocycles. The molecule has 0 bridgehead atoms. The van der Waals surface area contributed by atoms with Gasteiger partial charge in [-0.2, -0.15) is 0 Å². The molecule has 1 heterocycles. The molecule has 3 aromatic rings. The van der Waals surface area contributed by atoms with Crippen molar-refractivity contribution in [3.05, 3.63) is 76.3 Å². The van der Waals surface area contributed by atoms with Crippen molar-refractivity contribution in [3.63, 3.8) is 0 Å². The molecule has 1 aliphatic rings. The summed E-state index contributed by atoms with van der Waals surface area (Å²) in [5, 5.41) is 2.91. The standard InChI is InChI=1S/C22H19BrN2O3S/c1-3-25-20-11-8-15(22(26)24-16-9-10-19(23)14(2)12-16)13-18(20)17-6-4-5-7-21(17)29(25,27)28/h4-13H,3H2,1-2H3,(H,24,26). The number of hydrogen-bond acceptors (Lipinski definition) is 3. The molecule has 3 aromatic carbocycles. The molecule has 4 rings (SSSR count). The van der Waals surface area contributed by atoms with Crippen LogP contribution < -0.4 is 9.62 Å². The number of anilines is 2. The van der Waals surface area contributed by atoms with E-state index in [4.69, 9.17) is 0 Å². The first-order valence-corrected chi connectivity index (χ1v) is 11.4. The number of rotatable bonds is 3. The minimum Gasteiger partial charge on any atom is -0.322 e. The van der Waals surface area contributed by atoms with Crippen molar-refractivity contribution in [2.45, 2.75) is 18.7 Å². The fourth-order valence-corrected chi connectivity index (χ4v) is 5.49. The molecular formula is C22H19BrN2O3S. The molecule has 0 atom stereocenters. The normalized spacial score (nSPS) is 14.1. The zero-order chi connectivity index (χ0) is 20.8. The first kappa shape index (κ1) is 19.7. The quantitative estimate of drug-likeness (QED) is 0.571. The van der Waals surface area contributed by atoms with Crippen molar-refractivity contribution >= 4 is 43.2 Å². The van der Waals surface area contributed by atoms with E-state index in [0.29, 0.717) is 29.0 Å². The van der Waals surface area contributed by atoms with E-state index in [1.165, 1.54) is 4.31 Å². The molecule has 1 N–H and O–H groups in total. The van der Waals surface area contributed by atoms with Crippen molar-refractivity contribution in [2.75, 3.05) is 16.2 Å². The number of nitrogens with zero attached hydrogens (tertiary/aromatic N) is 1. The summed E-state index contributed by atoms with van der Waals surface area (Å²) in [7, 11) is -3.61. The van der Waals surface area contributed by atoms with Gasteiger partial charge in [-0.25, -0.2) is 8.42 Å². The van der Waals surface area contributed by atoms with Gasteiger partial charge in [0.25, 0.3) is 15.9 Å². The van der Waals surface area contributed by atoms with Gasteiger partial charge in [0.05, 0.1) is 10.6 Å². The molecule has 0 spiro atoms. The fourth-order valence-electron chi connectivity index (χ4n) is 3.54. The average molecular weight is 471 g/mol. The maximum Gasteiger partial charge on any atom is 0.264 e. The van der Waals surface area contributed by atoms with Gasteiger partial charge in [-0.05, 0) is 61.9 Å². The van der Waals surface area contributed by atoms with E-state index < -0.39 is 10.0 Å². The summed E-state index contributed by atoms with van der Waals surface area (Å²) in [5.41, 5.74) is 4.12. The maximum atomic E-state index is 13.0. The van der Waals surface area contributed by atoms with E-state index >= 15 is 0 Å². The summed E-state index contributed by atoms with van der Waals surface area (Å²) in [6.07, 6.45) is 0. The number of halogens is 1. The van der Waals surface area contributed by atoms with Crippen molar-refractivity contribution < 1.29 is 13.2 Å². The van der Waals surface area contributed by atoms with Gasteiger partial charge in [0.1, 0.15) is 0 Å². The van der Waals surface area contributed by atoms with Crippen LogP contribution in [-0.4, -0.2) is 20.9 Å². The molecule has 29 heavy (non-hydrogen) atoms. The number of amides is 1. The first-order chi connectivity index (χ1) is 13.8. The lowest BCUT2D eigenvalue weighted by Crippen LogP contribution is -2.34. The van der Waals surface area contributed by atoms with Gasteiger partial charge >= 0.3 is 0 Å². The summed E-state index contributed by atoms with van der Waals surface area (Å²) < 4.78 is 28.3. The minimum atomic E-state index is -3.61. The summed E-state index contributed by atoms with van der Waals surface area (Å²) in [6.45, 7) is 4.06. The molecule has 0 radical (unpaired) electrons. The van der Waals surface area contributed by atoms with Gasteiger partial charge in [0, 0.05) is 33.4 Å². The third-order valence-corrected chi connectivity index (χ3v) is 7.81. The van der Waals surface area contributed by atoms with Crippen LogP contribution in [-0.2, 0) is 10.0 Å². The van der Waals surface area contributed by atoms with Crippen LogP contribution in [0, 0.1) is 6.92 Å². The van der Waals surface area contributed by atoms with Crippen LogP contribution in [0.15, 0.2) is 70.0 Å². The second kappa shape index (κ2) is 7.31. The van der Waals surface area contributed by atoms with Crippen LogP contribution in [0.4, 0.5) is 11.4 Å². The number of benzene rings is 3. The van der Waals surface area contributed by atoms with Gasteiger partial charge < -0.3 is 5.32 Å². The van der Waals surface area contributed by atoms with E-state index in [1.54, 1.807) is 49.4 Å². The highest BCUT2D eigenvalue weighted by molar-refractivity contribution is 9.10. The Bertz CT molecular complexity index is 1240. The Hall–Kier alpha value is -2.64. The Labute approximate surface area is 178 Å². The smallest absolute Gasteiger partial charge is 0.264 e. The largest absolute Gasteiger partial charge is 0.322 e. The topological polar surface area (TPSA) is 66.5 Å². The van der Waals surface area contributed by atoms with Crippen molar-refractivity contribution in [2.24, 2.45) is 0 Å². The predicted molar refractivity (Wildman–Crippen MR) is 119 cm³/mol. The van der Waals surface area contributed by atoms with E-state index in [1.807, 2.05) is 25.1 Å². The number of fused-ring (bicyclic) bond motifs is 3. The summed E-state index contributed by atoms with van der Waals surface area (Å²) in [5.74, 6) is -0.247. The minimum absolute atomic E-state index is 0.247. The highest BCUT2D eigenvalue weighted by Crippen LogP contribution is 2.43. The molecule has 0 aliphatic carbocycles. The number of carbonyl (C=O) groups excluding carboxylic acids is 1. The lowest BCUT2D eigenvalue weighted by Gasteiger charge is -2.31. The van der Waals surface area contributed by atoms with Crippen molar-refractivity contribution in [1.82, 2.24) is 0 Å². The lowest BCUT2D eigenvalue weighted by atomic mass is 10.00. The highest BCUT2D eigenvalue weighted by atomic mass is 79.9. The predicted octanol–water partition coefficient (Wildman–Crippen LogP) is 5.21. The van der Waals surface area contributed by atoms with Crippen molar-refractivity contribution in [3.8, 4) is 11.1 Å². The Kier molecular flexibility index (Phi) is 4.96. The van der Waals surface area contributed by atoms with Gasteiger partial charge in [-0.3, -0.25) is 9.10 Å². The molecule has 0 unspecified atom stereocenters. The molecule has 1 aliphatic heterocycles. The van der Waals surface area contributed by atoms with E-state index in [9.17, 15) is 13.2 Å². The summed E-state index contributed by atoms with van der Waals surface area (Å²) in [6, 6.07) is 17.6. The zero-order valence-electron chi connectivity index (χ0n) is 15.9. The van der Waals surface area contributed by atoms with Crippen LogP contribution in [0.2, 0.25) is 0 Å². The molecule has 0 aromatic heterocycles. The second-order valence-corrected chi connectivity index (χ2v) is 9.50. The fraction of sp³-hybridized carbons (Fsp3) is 0.136. The van der Waals surface area contributed by atoms with Gasteiger partial charge in [-0.15, -0.1) is 0 Å². The number of nitrogens with one attached hydrogen (secondary N) is 1. The first-order valence-electron chi connectivity index (χ1n) is 9.16. The Morgan fingerprint density at radius 1 is 1.03 bits per heavy atom. The molecule has 0 fully saturated rings. The molecule has 7 heteroatoms. The molecule has 5 nitrogen and oxygen atoms in total. The number of hydrogen-bond donors (Lipinski definition) is 1. The van der Waals surface area contributed by atoms with E-state index in [0.717, 1.165) is 15.6 Å². The number of carbonyl (C=O) groups is 1. The van der Waals surface area contributed by atoms with E-state index in [-0.39, 0.29) is 10.8 Å². The average Bonchev–Trinajstić information content (AvgIpc) is 2.71. The van der Waals surface area contributed by atoms with Crippen LogP contribution in [0.1, 0.15) is 22.8 Å². The molecule has 148 valence electrons. The van der Waals surface area contributed by atoms with Crippen LogP contribution in [0.25, 0.3) is 11.1 Å². The SMILES string of the molecule is CCN1c2ccc(C(=O)Nc3ccc(Br)c(C)c3)cc2-c2ccccc2S1(=O)=O. The van der Waals surface area contributed by atoms with Crippen LogP contribution >= 0.6 is 15.9 Å². The third-order valence-electron chi connectivity index (χ3n) is 4.98. The van der Waals surface area contributed by atoms with Crippen LogP contribution in [0.5, 0.6) is 0 Å². The lowest BCUT2D eigenvalue weighted by molar-refractivity contribution is 0.102.